The Bertz CT molecular complexity index is 804. The first-order valence-electron chi connectivity index (χ1n) is 7.32. The summed E-state index contributed by atoms with van der Waals surface area (Å²) in [7, 11) is 1.49. The van der Waals surface area contributed by atoms with Crippen molar-refractivity contribution in [2.24, 2.45) is 0 Å². The Hall–Kier alpha value is -3.13. The molecule has 0 aliphatic rings. The van der Waals surface area contributed by atoms with Gasteiger partial charge in [0.2, 0.25) is 5.78 Å². The van der Waals surface area contributed by atoms with E-state index in [2.05, 4.69) is 0 Å². The maximum absolute atomic E-state index is 13.0. The highest BCUT2D eigenvalue weighted by molar-refractivity contribution is 6.14. The number of hydrogen-bond acceptors (Lipinski definition) is 4. The average molecular weight is 325 g/mol. The average Bonchev–Trinajstić information content (AvgIpc) is 2.60. The van der Waals surface area contributed by atoms with Crippen molar-refractivity contribution in [1.82, 2.24) is 0 Å². The number of para-hydroxylation sites is 1. The number of nitriles is 1. The van der Waals surface area contributed by atoms with E-state index in [1.165, 1.54) is 37.5 Å². The Morgan fingerprint density at radius 3 is 2.54 bits per heavy atom. The number of ketones is 1. The van der Waals surface area contributed by atoms with Gasteiger partial charge < -0.3 is 9.47 Å². The number of benzene rings is 2. The van der Waals surface area contributed by atoms with E-state index in [9.17, 15) is 14.4 Å². The molecule has 0 N–H and O–H groups in total. The highest BCUT2D eigenvalue weighted by atomic mass is 19.1. The lowest BCUT2D eigenvalue weighted by Gasteiger charge is -2.11. The fourth-order valence-electron chi connectivity index (χ4n) is 2.19. The number of carbonyl (C=O) groups is 1. The molecule has 4 nitrogen and oxygen atoms in total. The van der Waals surface area contributed by atoms with Gasteiger partial charge >= 0.3 is 0 Å². The summed E-state index contributed by atoms with van der Waals surface area (Å²) in [5.74, 6) is 0.0424. The van der Waals surface area contributed by atoms with Crippen molar-refractivity contribution in [2.75, 3.05) is 13.7 Å². The van der Waals surface area contributed by atoms with Crippen LogP contribution in [0.1, 0.15) is 22.8 Å². The van der Waals surface area contributed by atoms with Gasteiger partial charge in [0.25, 0.3) is 0 Å². The number of methoxy groups -OCH3 is 1. The number of Topliss-reactive ketones (excluding diaryl/α,β-unsaturated/α-hetero) is 1. The Morgan fingerprint density at radius 2 is 1.96 bits per heavy atom. The summed E-state index contributed by atoms with van der Waals surface area (Å²) in [6.45, 7) is 2.31. The zero-order chi connectivity index (χ0) is 17.5. The highest BCUT2D eigenvalue weighted by Gasteiger charge is 2.15. The van der Waals surface area contributed by atoms with Crippen molar-refractivity contribution in [1.29, 1.82) is 5.26 Å². The molecule has 0 unspecified atom stereocenters. The molecule has 0 saturated heterocycles. The number of rotatable bonds is 6. The molecule has 2 aromatic carbocycles. The highest BCUT2D eigenvalue weighted by Crippen LogP contribution is 2.32. The number of ether oxygens (including phenoxy) is 2. The summed E-state index contributed by atoms with van der Waals surface area (Å²) in [5, 5.41) is 9.32. The lowest BCUT2D eigenvalue weighted by Crippen LogP contribution is -2.02. The maximum atomic E-state index is 13.0. The molecule has 0 spiro atoms. The second kappa shape index (κ2) is 7.93. The number of halogens is 1. The Kier molecular flexibility index (Phi) is 5.69. The lowest BCUT2D eigenvalue weighted by molar-refractivity contribution is 0.104. The normalized spacial score (nSPS) is 10.8. The first kappa shape index (κ1) is 17.2. The molecule has 122 valence electrons. The summed E-state index contributed by atoms with van der Waals surface area (Å²) >= 11 is 0. The van der Waals surface area contributed by atoms with Crippen LogP contribution in [0.2, 0.25) is 0 Å². The van der Waals surface area contributed by atoms with Crippen LogP contribution in [0.25, 0.3) is 6.08 Å². The fourth-order valence-corrected chi connectivity index (χ4v) is 2.19. The van der Waals surface area contributed by atoms with Gasteiger partial charge in [-0.3, -0.25) is 4.79 Å². The van der Waals surface area contributed by atoms with E-state index in [4.69, 9.17) is 9.47 Å². The van der Waals surface area contributed by atoms with Crippen LogP contribution < -0.4 is 9.47 Å². The molecular formula is C19H16FNO3. The molecule has 0 radical (unpaired) electrons. The minimum Gasteiger partial charge on any atom is -0.492 e. The minimum atomic E-state index is -0.485. The van der Waals surface area contributed by atoms with E-state index in [1.54, 1.807) is 18.2 Å². The first-order valence-corrected chi connectivity index (χ1v) is 7.32. The van der Waals surface area contributed by atoms with Crippen LogP contribution in [0.5, 0.6) is 11.5 Å². The van der Waals surface area contributed by atoms with E-state index in [-0.39, 0.29) is 11.1 Å². The summed E-state index contributed by atoms with van der Waals surface area (Å²) < 4.78 is 23.8. The SMILES string of the molecule is CCOc1cccc(/C=C(\C#N)C(=O)c2ccc(F)cc2)c1OC. The monoisotopic (exact) mass is 325 g/mol. The zero-order valence-electron chi connectivity index (χ0n) is 13.4. The van der Waals surface area contributed by atoms with Crippen molar-refractivity contribution in [3.8, 4) is 17.6 Å². The van der Waals surface area contributed by atoms with Crippen LogP contribution in [0, 0.1) is 17.1 Å². The summed E-state index contributed by atoms with van der Waals surface area (Å²) in [6, 6.07) is 12.1. The molecule has 2 rings (SSSR count). The molecule has 0 atom stereocenters. The summed E-state index contributed by atoms with van der Waals surface area (Å²) in [5.41, 5.74) is 0.716. The number of allylic oxidation sites excluding steroid dienone is 1. The standard InChI is InChI=1S/C19H16FNO3/c1-3-24-17-6-4-5-14(19(17)23-2)11-15(12-21)18(22)13-7-9-16(20)10-8-13/h4-11H,3H2,1-2H3/b15-11+. The van der Waals surface area contributed by atoms with Gasteiger partial charge in [-0.25, -0.2) is 4.39 Å². The molecule has 0 heterocycles. The molecule has 0 saturated carbocycles. The van der Waals surface area contributed by atoms with Gasteiger partial charge in [-0.2, -0.15) is 5.26 Å². The van der Waals surface area contributed by atoms with Crippen molar-refractivity contribution in [3.63, 3.8) is 0 Å². The third-order valence-corrected chi connectivity index (χ3v) is 3.28. The molecule has 24 heavy (non-hydrogen) atoms. The number of carbonyl (C=O) groups excluding carboxylic acids is 1. The van der Waals surface area contributed by atoms with E-state index in [1.807, 2.05) is 13.0 Å². The topological polar surface area (TPSA) is 59.3 Å². The zero-order valence-corrected chi connectivity index (χ0v) is 13.4. The minimum absolute atomic E-state index is 0.0754. The Balaban J connectivity index is 2.44. The van der Waals surface area contributed by atoms with Gasteiger partial charge in [-0.05, 0) is 43.3 Å². The van der Waals surface area contributed by atoms with Gasteiger partial charge in [-0.15, -0.1) is 0 Å². The predicted octanol–water partition coefficient (Wildman–Crippen LogP) is 4.02. The van der Waals surface area contributed by atoms with Crippen LogP contribution in [-0.4, -0.2) is 19.5 Å². The van der Waals surface area contributed by atoms with Crippen molar-refractivity contribution in [2.45, 2.75) is 6.92 Å². The van der Waals surface area contributed by atoms with E-state index < -0.39 is 11.6 Å². The van der Waals surface area contributed by atoms with E-state index in [0.717, 1.165) is 0 Å². The molecule has 0 bridgehead atoms. The van der Waals surface area contributed by atoms with Crippen molar-refractivity contribution < 1.29 is 18.7 Å². The van der Waals surface area contributed by atoms with Crippen LogP contribution in [0.15, 0.2) is 48.0 Å². The van der Waals surface area contributed by atoms with Gasteiger partial charge in [-0.1, -0.05) is 12.1 Å². The third-order valence-electron chi connectivity index (χ3n) is 3.28. The van der Waals surface area contributed by atoms with Gasteiger partial charge in [0.1, 0.15) is 17.5 Å². The van der Waals surface area contributed by atoms with Crippen LogP contribution in [0.3, 0.4) is 0 Å². The van der Waals surface area contributed by atoms with Gasteiger partial charge in [0.15, 0.2) is 11.5 Å². The molecule has 0 aliphatic heterocycles. The Morgan fingerprint density at radius 1 is 1.25 bits per heavy atom. The molecule has 0 aromatic heterocycles. The molecule has 2 aromatic rings. The quantitative estimate of drug-likeness (QED) is 0.457. The first-order chi connectivity index (χ1) is 11.6. The molecular weight excluding hydrogens is 309 g/mol. The van der Waals surface area contributed by atoms with E-state index in [0.29, 0.717) is 23.7 Å². The van der Waals surface area contributed by atoms with Crippen molar-refractivity contribution in [3.05, 3.63) is 65.0 Å². The predicted molar refractivity (Wildman–Crippen MR) is 88.5 cm³/mol. The fraction of sp³-hybridized carbons (Fsp3) is 0.158. The second-order valence-electron chi connectivity index (χ2n) is 4.82. The Labute approximate surface area is 139 Å². The van der Waals surface area contributed by atoms with Gasteiger partial charge in [0, 0.05) is 11.1 Å². The molecule has 0 amide bonds. The van der Waals surface area contributed by atoms with Crippen LogP contribution in [-0.2, 0) is 0 Å². The number of nitrogens with zero attached hydrogens (tertiary/aromatic N) is 1. The molecule has 5 heteroatoms. The maximum Gasteiger partial charge on any atom is 0.203 e. The van der Waals surface area contributed by atoms with E-state index >= 15 is 0 Å². The smallest absolute Gasteiger partial charge is 0.203 e. The summed E-state index contributed by atoms with van der Waals surface area (Å²) in [4.78, 5) is 12.4. The van der Waals surface area contributed by atoms with Crippen molar-refractivity contribution >= 4 is 11.9 Å². The van der Waals surface area contributed by atoms with Crippen LogP contribution in [0.4, 0.5) is 4.39 Å². The lowest BCUT2D eigenvalue weighted by atomic mass is 10.0. The van der Waals surface area contributed by atoms with Crippen LogP contribution >= 0.6 is 0 Å². The molecule has 0 aliphatic carbocycles. The third kappa shape index (κ3) is 3.79. The summed E-state index contributed by atoms with van der Waals surface area (Å²) in [6.07, 6.45) is 1.44. The largest absolute Gasteiger partial charge is 0.492 e. The van der Waals surface area contributed by atoms with Gasteiger partial charge in [0.05, 0.1) is 13.7 Å². The molecule has 0 fully saturated rings. The number of hydrogen-bond donors (Lipinski definition) is 0. The second-order valence-corrected chi connectivity index (χ2v) is 4.82.